The van der Waals surface area contributed by atoms with Crippen LogP contribution in [0.5, 0.6) is 0 Å². The Morgan fingerprint density at radius 2 is 0.944 bits per heavy atom. The first-order valence-corrected chi connectivity index (χ1v) is 12.5. The lowest BCUT2D eigenvalue weighted by atomic mass is 9.84. The van der Waals surface area contributed by atoms with Crippen LogP contribution in [0.4, 0.5) is 0 Å². The van der Waals surface area contributed by atoms with E-state index in [0.29, 0.717) is 0 Å². The second-order valence-corrected chi connectivity index (χ2v) is 9.50. The maximum absolute atomic E-state index is 3.45. The molecule has 0 aliphatic heterocycles. The van der Waals surface area contributed by atoms with Crippen molar-refractivity contribution >= 4 is 32.3 Å². The van der Waals surface area contributed by atoms with Gasteiger partial charge in [0.05, 0.1) is 0 Å². The van der Waals surface area contributed by atoms with Gasteiger partial charge in [-0.1, -0.05) is 115 Å². The summed E-state index contributed by atoms with van der Waals surface area (Å²) in [5.41, 5.74) is 8.64. The van der Waals surface area contributed by atoms with Crippen LogP contribution < -0.4 is 0 Å². The molecule has 1 N–H and O–H groups in total. The largest absolute Gasteiger partial charge is 0.359 e. The quantitative estimate of drug-likeness (QED) is 0.253. The maximum atomic E-state index is 3.45. The van der Waals surface area contributed by atoms with Gasteiger partial charge in [-0.05, 0) is 79.2 Å². The summed E-state index contributed by atoms with van der Waals surface area (Å²) in [7, 11) is 0. The molecule has 0 aliphatic carbocycles. The Bertz CT molecular complexity index is 1820. The van der Waals surface area contributed by atoms with Crippen molar-refractivity contribution < 1.29 is 0 Å². The molecule has 1 heterocycles. The predicted octanol–water partition coefficient (Wildman–Crippen LogP) is 9.78. The normalized spacial score (nSPS) is 11.5. The van der Waals surface area contributed by atoms with Crippen molar-refractivity contribution in [1.82, 2.24) is 4.98 Å². The van der Waals surface area contributed by atoms with Crippen molar-refractivity contribution in [3.05, 3.63) is 133 Å². The summed E-state index contributed by atoms with van der Waals surface area (Å²) in [6, 6.07) is 46.3. The van der Waals surface area contributed by atoms with Gasteiger partial charge in [-0.15, -0.1) is 0 Å². The fourth-order valence-corrected chi connectivity index (χ4v) is 5.66. The number of rotatable bonds is 3. The molecule has 1 nitrogen and oxygen atoms in total. The number of H-pyrrole nitrogens is 1. The number of benzene rings is 6. The topological polar surface area (TPSA) is 15.8 Å². The number of aromatic nitrogens is 1. The zero-order valence-electron chi connectivity index (χ0n) is 20.1. The highest BCUT2D eigenvalue weighted by Gasteiger charge is 2.17. The molecule has 170 valence electrons. The Morgan fingerprint density at radius 1 is 0.417 bits per heavy atom. The van der Waals surface area contributed by atoms with Gasteiger partial charge < -0.3 is 4.98 Å². The van der Waals surface area contributed by atoms with Crippen molar-refractivity contribution in [2.24, 2.45) is 0 Å². The molecular formula is C35H25N. The van der Waals surface area contributed by atoms with Gasteiger partial charge in [0.15, 0.2) is 0 Å². The number of nitrogens with one attached hydrogen (secondary N) is 1. The summed E-state index contributed by atoms with van der Waals surface area (Å²) in [6.07, 6.45) is 0. The number of aromatic amines is 1. The van der Waals surface area contributed by atoms with Crippen LogP contribution in [0.15, 0.2) is 127 Å². The minimum atomic E-state index is 1.15. The second-order valence-electron chi connectivity index (χ2n) is 9.50. The molecule has 0 radical (unpaired) electrons. The number of hydrogen-bond acceptors (Lipinski definition) is 0. The average molecular weight is 460 g/mol. The molecule has 1 aromatic heterocycles. The highest BCUT2D eigenvalue weighted by molar-refractivity contribution is 6.23. The first kappa shape index (κ1) is 20.7. The molecule has 7 aromatic rings. The predicted molar refractivity (Wildman–Crippen MR) is 154 cm³/mol. The van der Waals surface area contributed by atoms with Crippen molar-refractivity contribution in [2.75, 3.05) is 0 Å². The van der Waals surface area contributed by atoms with Crippen LogP contribution >= 0.6 is 0 Å². The smallest absolute Gasteiger partial charge is 0.0455 e. The Morgan fingerprint density at radius 3 is 1.56 bits per heavy atom. The van der Waals surface area contributed by atoms with Crippen LogP contribution in [0, 0.1) is 6.92 Å². The van der Waals surface area contributed by atoms with Gasteiger partial charge in [0.1, 0.15) is 0 Å². The van der Waals surface area contributed by atoms with Gasteiger partial charge in [-0.3, -0.25) is 0 Å². The SMILES string of the molecule is Cc1ccc(-c2ccc(-c3c4ccccc4c(-c4cccc5ccccc45)c4ccccc34)cc2)[nH]1. The van der Waals surface area contributed by atoms with E-state index in [1.807, 2.05) is 0 Å². The summed E-state index contributed by atoms with van der Waals surface area (Å²) in [5.74, 6) is 0. The van der Waals surface area contributed by atoms with Gasteiger partial charge in [0.2, 0.25) is 0 Å². The van der Waals surface area contributed by atoms with Crippen molar-refractivity contribution in [3.8, 4) is 33.5 Å². The molecule has 0 bridgehead atoms. The molecule has 0 saturated carbocycles. The first-order chi connectivity index (χ1) is 17.8. The Kier molecular flexibility index (Phi) is 4.75. The maximum Gasteiger partial charge on any atom is 0.0455 e. The lowest BCUT2D eigenvalue weighted by Gasteiger charge is -2.19. The van der Waals surface area contributed by atoms with Crippen molar-refractivity contribution in [1.29, 1.82) is 0 Å². The first-order valence-electron chi connectivity index (χ1n) is 12.5. The monoisotopic (exact) mass is 459 g/mol. The summed E-state index contributed by atoms with van der Waals surface area (Å²) < 4.78 is 0. The molecule has 0 saturated heterocycles. The van der Waals surface area contributed by atoms with Crippen LogP contribution in [-0.4, -0.2) is 4.98 Å². The fourth-order valence-electron chi connectivity index (χ4n) is 5.66. The summed E-state index contributed by atoms with van der Waals surface area (Å²) in [6.45, 7) is 2.09. The number of fused-ring (bicyclic) bond motifs is 3. The van der Waals surface area contributed by atoms with Crippen molar-refractivity contribution in [3.63, 3.8) is 0 Å². The zero-order valence-corrected chi connectivity index (χ0v) is 20.1. The van der Waals surface area contributed by atoms with Crippen LogP contribution in [0.3, 0.4) is 0 Å². The number of aryl methyl sites for hydroxylation is 1. The van der Waals surface area contributed by atoms with Crippen LogP contribution in [-0.2, 0) is 0 Å². The molecule has 0 unspecified atom stereocenters. The van der Waals surface area contributed by atoms with E-state index in [2.05, 4.69) is 139 Å². The number of hydrogen-bond donors (Lipinski definition) is 1. The molecular weight excluding hydrogens is 434 g/mol. The van der Waals surface area contributed by atoms with E-state index in [0.717, 1.165) is 5.69 Å². The Labute approximate surface area is 210 Å². The molecule has 0 atom stereocenters. The third-order valence-corrected chi connectivity index (χ3v) is 7.31. The molecule has 6 aromatic carbocycles. The molecule has 36 heavy (non-hydrogen) atoms. The van der Waals surface area contributed by atoms with Crippen LogP contribution in [0.2, 0.25) is 0 Å². The van der Waals surface area contributed by atoms with E-state index in [4.69, 9.17) is 0 Å². The average Bonchev–Trinajstić information content (AvgIpc) is 3.38. The van der Waals surface area contributed by atoms with E-state index in [9.17, 15) is 0 Å². The lowest BCUT2D eigenvalue weighted by Crippen LogP contribution is -1.91. The zero-order chi connectivity index (χ0) is 24.1. The van der Waals surface area contributed by atoms with E-state index in [1.165, 1.54) is 65.8 Å². The van der Waals surface area contributed by atoms with E-state index in [1.54, 1.807) is 0 Å². The molecule has 7 rings (SSSR count). The van der Waals surface area contributed by atoms with Crippen molar-refractivity contribution in [2.45, 2.75) is 6.92 Å². The van der Waals surface area contributed by atoms with E-state index in [-0.39, 0.29) is 0 Å². The van der Waals surface area contributed by atoms with Gasteiger partial charge in [-0.25, -0.2) is 0 Å². The molecule has 0 spiro atoms. The standard InChI is InChI=1S/C35H25N/c1-23-17-22-33(36-23)25-18-20-26(21-19-25)34-29-12-4-6-14-31(29)35(32-15-7-5-13-30(32)34)28-16-8-10-24-9-2-3-11-27(24)28/h2-22,36H,1H3. The molecule has 0 aliphatic rings. The van der Waals surface area contributed by atoms with Crippen LogP contribution in [0.25, 0.3) is 65.8 Å². The molecule has 0 fully saturated rings. The summed E-state index contributed by atoms with van der Waals surface area (Å²) >= 11 is 0. The Hall–Kier alpha value is -4.62. The molecule has 1 heteroatoms. The highest BCUT2D eigenvalue weighted by atomic mass is 14.7. The van der Waals surface area contributed by atoms with Gasteiger partial charge in [0, 0.05) is 11.4 Å². The van der Waals surface area contributed by atoms with Crippen LogP contribution in [0.1, 0.15) is 5.69 Å². The Balaban J connectivity index is 1.54. The molecule has 0 amide bonds. The minimum Gasteiger partial charge on any atom is -0.359 e. The summed E-state index contributed by atoms with van der Waals surface area (Å²) in [5, 5.41) is 7.68. The second kappa shape index (κ2) is 8.25. The third-order valence-electron chi connectivity index (χ3n) is 7.31. The van der Waals surface area contributed by atoms with E-state index < -0.39 is 0 Å². The minimum absolute atomic E-state index is 1.15. The van der Waals surface area contributed by atoms with Gasteiger partial charge in [-0.2, -0.15) is 0 Å². The summed E-state index contributed by atoms with van der Waals surface area (Å²) in [4.78, 5) is 3.45. The highest BCUT2D eigenvalue weighted by Crippen LogP contribution is 2.45. The third kappa shape index (κ3) is 3.25. The fraction of sp³-hybridized carbons (Fsp3) is 0.0286. The van der Waals surface area contributed by atoms with Gasteiger partial charge >= 0.3 is 0 Å². The van der Waals surface area contributed by atoms with E-state index >= 15 is 0 Å². The van der Waals surface area contributed by atoms with Gasteiger partial charge in [0.25, 0.3) is 0 Å². The lowest BCUT2D eigenvalue weighted by molar-refractivity contribution is 1.27.